The molecular weight excluding hydrogens is 240 g/mol. The van der Waals surface area contributed by atoms with Gasteiger partial charge in [-0.25, -0.2) is 4.98 Å². The molecule has 0 atom stereocenters. The van der Waals surface area contributed by atoms with E-state index in [1.54, 1.807) is 6.07 Å². The maximum atomic E-state index is 9.97. The third-order valence-corrected chi connectivity index (χ3v) is 3.22. The number of aryl methyl sites for hydroxylation is 1. The van der Waals surface area contributed by atoms with Gasteiger partial charge in [-0.05, 0) is 30.2 Å². The molecule has 0 bridgehead atoms. The first-order valence-electron chi connectivity index (χ1n) is 6.19. The number of benzene rings is 2. The molecule has 0 spiro atoms. The van der Waals surface area contributed by atoms with Crippen molar-refractivity contribution in [2.45, 2.75) is 13.3 Å². The van der Waals surface area contributed by atoms with Gasteiger partial charge in [0.25, 0.3) is 0 Å². The molecule has 3 rings (SSSR count). The van der Waals surface area contributed by atoms with Crippen molar-refractivity contribution in [2.75, 3.05) is 0 Å². The van der Waals surface area contributed by atoms with Crippen molar-refractivity contribution in [3.05, 3.63) is 42.0 Å². The molecular formula is C15H14N2O2. The zero-order valence-electron chi connectivity index (χ0n) is 10.5. The number of nitrogens with zero attached hydrogens (tertiary/aromatic N) is 1. The van der Waals surface area contributed by atoms with Crippen LogP contribution in [0.5, 0.6) is 11.5 Å². The van der Waals surface area contributed by atoms with Crippen molar-refractivity contribution in [3.8, 4) is 22.9 Å². The lowest BCUT2D eigenvalue weighted by atomic mass is 10.1. The van der Waals surface area contributed by atoms with Crippen molar-refractivity contribution in [1.82, 2.24) is 9.97 Å². The van der Waals surface area contributed by atoms with Gasteiger partial charge < -0.3 is 15.2 Å². The summed E-state index contributed by atoms with van der Waals surface area (Å²) in [6.07, 6.45) is 0.694. The standard InChI is InChI=1S/C15H14N2O2/c1-2-9-7-10(14(19)8-13(9)18)15-16-11-5-3-4-6-12(11)17-15/h3-8,18-19H,2H2,1H3,(H,16,17). The summed E-state index contributed by atoms with van der Waals surface area (Å²) >= 11 is 0. The Kier molecular flexibility index (Phi) is 2.63. The van der Waals surface area contributed by atoms with Gasteiger partial charge in [0.1, 0.15) is 17.3 Å². The smallest absolute Gasteiger partial charge is 0.142 e. The number of imidazole rings is 1. The summed E-state index contributed by atoms with van der Waals surface area (Å²) in [6.45, 7) is 1.95. The number of hydrogen-bond donors (Lipinski definition) is 3. The van der Waals surface area contributed by atoms with Crippen molar-refractivity contribution < 1.29 is 10.2 Å². The fourth-order valence-corrected chi connectivity index (χ4v) is 2.18. The molecule has 0 aliphatic carbocycles. The van der Waals surface area contributed by atoms with Crippen LogP contribution in [0, 0.1) is 0 Å². The average Bonchev–Trinajstić information content (AvgIpc) is 2.82. The molecule has 0 aliphatic heterocycles. The molecule has 0 aliphatic rings. The highest BCUT2D eigenvalue weighted by molar-refractivity contribution is 5.81. The number of phenols is 2. The molecule has 3 aromatic rings. The van der Waals surface area contributed by atoms with Gasteiger partial charge in [-0.15, -0.1) is 0 Å². The van der Waals surface area contributed by atoms with Crippen LogP contribution in [-0.4, -0.2) is 20.2 Å². The van der Waals surface area contributed by atoms with Crippen molar-refractivity contribution in [2.24, 2.45) is 0 Å². The number of rotatable bonds is 2. The van der Waals surface area contributed by atoms with Crippen LogP contribution in [0.1, 0.15) is 12.5 Å². The van der Waals surface area contributed by atoms with Crippen LogP contribution in [0.4, 0.5) is 0 Å². The molecule has 0 fully saturated rings. The summed E-state index contributed by atoms with van der Waals surface area (Å²) in [5, 5.41) is 19.7. The minimum absolute atomic E-state index is 0.0220. The Morgan fingerprint density at radius 3 is 2.63 bits per heavy atom. The van der Waals surface area contributed by atoms with E-state index in [9.17, 15) is 10.2 Å². The highest BCUT2D eigenvalue weighted by Gasteiger charge is 2.12. The fourth-order valence-electron chi connectivity index (χ4n) is 2.18. The number of hydrogen-bond acceptors (Lipinski definition) is 3. The third-order valence-electron chi connectivity index (χ3n) is 3.22. The van der Waals surface area contributed by atoms with Gasteiger partial charge in [0, 0.05) is 6.07 Å². The van der Waals surface area contributed by atoms with Crippen LogP contribution in [-0.2, 0) is 6.42 Å². The summed E-state index contributed by atoms with van der Waals surface area (Å²) in [6, 6.07) is 10.8. The first-order valence-corrected chi connectivity index (χ1v) is 6.19. The van der Waals surface area contributed by atoms with E-state index in [1.807, 2.05) is 31.2 Å². The van der Waals surface area contributed by atoms with Gasteiger partial charge in [-0.2, -0.15) is 0 Å². The first kappa shape index (κ1) is 11.6. The average molecular weight is 254 g/mol. The van der Waals surface area contributed by atoms with Gasteiger partial charge in [0.2, 0.25) is 0 Å². The molecule has 0 radical (unpaired) electrons. The maximum absolute atomic E-state index is 9.97. The zero-order chi connectivity index (χ0) is 13.4. The minimum atomic E-state index is 0.0220. The van der Waals surface area contributed by atoms with Gasteiger partial charge in [-0.1, -0.05) is 19.1 Å². The van der Waals surface area contributed by atoms with Gasteiger partial charge in [0.15, 0.2) is 0 Å². The Morgan fingerprint density at radius 1 is 1.11 bits per heavy atom. The number of aromatic amines is 1. The maximum Gasteiger partial charge on any atom is 0.142 e. The minimum Gasteiger partial charge on any atom is -0.508 e. The molecule has 0 saturated heterocycles. The van der Waals surface area contributed by atoms with Crippen LogP contribution in [0.2, 0.25) is 0 Å². The predicted octanol–water partition coefficient (Wildman–Crippen LogP) is 3.20. The van der Waals surface area contributed by atoms with E-state index in [0.717, 1.165) is 16.6 Å². The van der Waals surface area contributed by atoms with Crippen LogP contribution in [0.15, 0.2) is 36.4 Å². The number of phenolic OH excluding ortho intramolecular Hbond substituents is 2. The molecule has 0 unspecified atom stereocenters. The van der Waals surface area contributed by atoms with E-state index in [4.69, 9.17) is 0 Å². The quantitative estimate of drug-likeness (QED) is 0.657. The molecule has 1 aromatic heterocycles. The molecule has 4 heteroatoms. The fraction of sp³-hybridized carbons (Fsp3) is 0.133. The SMILES string of the molecule is CCc1cc(-c2nc3ccccc3[nH]2)c(O)cc1O. The highest BCUT2D eigenvalue weighted by Crippen LogP contribution is 2.34. The van der Waals surface area contributed by atoms with Gasteiger partial charge >= 0.3 is 0 Å². The monoisotopic (exact) mass is 254 g/mol. The Balaban J connectivity index is 2.20. The zero-order valence-corrected chi connectivity index (χ0v) is 10.5. The number of aromatic nitrogens is 2. The van der Waals surface area contributed by atoms with E-state index in [2.05, 4.69) is 9.97 Å². The Hall–Kier alpha value is -2.49. The molecule has 4 nitrogen and oxygen atoms in total. The summed E-state index contributed by atoms with van der Waals surface area (Å²) < 4.78 is 0. The predicted molar refractivity (Wildman–Crippen MR) is 74.2 cm³/mol. The largest absolute Gasteiger partial charge is 0.508 e. The summed E-state index contributed by atoms with van der Waals surface area (Å²) in [4.78, 5) is 7.62. The van der Waals surface area contributed by atoms with Crippen LogP contribution >= 0.6 is 0 Å². The van der Waals surface area contributed by atoms with Crippen LogP contribution in [0.3, 0.4) is 0 Å². The second-order valence-electron chi connectivity index (χ2n) is 4.45. The summed E-state index contributed by atoms with van der Waals surface area (Å²) in [5.74, 6) is 0.738. The number of para-hydroxylation sites is 2. The van der Waals surface area contributed by atoms with Gasteiger partial charge in [0.05, 0.1) is 16.6 Å². The second-order valence-corrected chi connectivity index (χ2v) is 4.45. The molecule has 96 valence electrons. The van der Waals surface area contributed by atoms with Gasteiger partial charge in [-0.3, -0.25) is 0 Å². The first-order chi connectivity index (χ1) is 9.19. The van der Waals surface area contributed by atoms with Crippen molar-refractivity contribution >= 4 is 11.0 Å². The van der Waals surface area contributed by atoms with Crippen molar-refractivity contribution in [1.29, 1.82) is 0 Å². The Bertz CT molecular complexity index is 714. The van der Waals surface area contributed by atoms with E-state index in [0.29, 0.717) is 17.8 Å². The van der Waals surface area contributed by atoms with E-state index >= 15 is 0 Å². The third kappa shape index (κ3) is 1.91. The topological polar surface area (TPSA) is 69.1 Å². The van der Waals surface area contributed by atoms with Crippen LogP contribution in [0.25, 0.3) is 22.4 Å². The molecule has 2 aromatic carbocycles. The number of fused-ring (bicyclic) bond motifs is 1. The summed E-state index contributed by atoms with van der Waals surface area (Å²) in [5.41, 5.74) is 3.16. The van der Waals surface area contributed by atoms with E-state index in [1.165, 1.54) is 6.07 Å². The van der Waals surface area contributed by atoms with Crippen molar-refractivity contribution in [3.63, 3.8) is 0 Å². The summed E-state index contributed by atoms with van der Waals surface area (Å²) in [7, 11) is 0. The Morgan fingerprint density at radius 2 is 1.89 bits per heavy atom. The van der Waals surface area contributed by atoms with E-state index < -0.39 is 0 Å². The Labute approximate surface area is 110 Å². The lowest BCUT2D eigenvalue weighted by molar-refractivity contribution is 0.447. The molecule has 0 amide bonds. The second kappa shape index (κ2) is 4.31. The number of H-pyrrole nitrogens is 1. The molecule has 3 N–H and O–H groups in total. The number of nitrogens with one attached hydrogen (secondary N) is 1. The lowest BCUT2D eigenvalue weighted by Gasteiger charge is -2.06. The molecule has 0 saturated carbocycles. The number of aromatic hydroxyl groups is 2. The van der Waals surface area contributed by atoms with E-state index in [-0.39, 0.29) is 11.5 Å². The van der Waals surface area contributed by atoms with Crippen LogP contribution < -0.4 is 0 Å². The highest BCUT2D eigenvalue weighted by atomic mass is 16.3. The lowest BCUT2D eigenvalue weighted by Crippen LogP contribution is -1.87. The molecule has 1 heterocycles. The normalized spacial score (nSPS) is 11.0. The molecule has 19 heavy (non-hydrogen) atoms.